The van der Waals surface area contributed by atoms with E-state index in [2.05, 4.69) is 27.7 Å². The van der Waals surface area contributed by atoms with E-state index in [1.807, 2.05) is 0 Å². The number of hydrogen-bond acceptors (Lipinski definition) is 1. The highest BCUT2D eigenvalue weighted by Crippen LogP contribution is 1.96. The standard InChI is InChI=1S/C8H18O/c1-7(2)5-9-6-8(3)4/h7-8H,5-6H2,1-4H3. The molecule has 0 aromatic carbocycles. The van der Waals surface area contributed by atoms with Gasteiger partial charge in [-0.15, -0.1) is 0 Å². The normalized spacial score (nSPS) is 11.3. The van der Waals surface area contributed by atoms with E-state index in [1.165, 1.54) is 0 Å². The van der Waals surface area contributed by atoms with Gasteiger partial charge >= 0.3 is 0 Å². The molecule has 0 aromatic heterocycles. The van der Waals surface area contributed by atoms with Crippen LogP contribution >= 0.6 is 0 Å². The minimum atomic E-state index is 0.670. The quantitative estimate of drug-likeness (QED) is 0.567. The van der Waals surface area contributed by atoms with Gasteiger partial charge in [0.15, 0.2) is 0 Å². The molecule has 0 spiro atoms. The Hall–Kier alpha value is -0.0400. The Morgan fingerprint density at radius 2 is 1.22 bits per heavy atom. The molecular formula is C8H18O. The fourth-order valence-electron chi connectivity index (χ4n) is 0.539. The minimum Gasteiger partial charge on any atom is -0.381 e. The maximum Gasteiger partial charge on any atom is 0.0489 e. The Morgan fingerprint density at radius 1 is 0.889 bits per heavy atom. The molecule has 0 saturated heterocycles. The predicted molar refractivity (Wildman–Crippen MR) is 40.5 cm³/mol. The highest BCUT2D eigenvalue weighted by atomic mass is 16.5. The molecule has 0 aliphatic heterocycles. The first-order valence-electron chi connectivity index (χ1n) is 3.70. The predicted octanol–water partition coefficient (Wildman–Crippen LogP) is 2.32. The molecule has 1 heteroatoms. The molecule has 0 aromatic rings. The molecule has 1 nitrogen and oxygen atoms in total. The van der Waals surface area contributed by atoms with E-state index < -0.39 is 0 Å². The van der Waals surface area contributed by atoms with Crippen LogP contribution in [0.25, 0.3) is 0 Å². The summed E-state index contributed by atoms with van der Waals surface area (Å²) in [6.07, 6.45) is 0. The van der Waals surface area contributed by atoms with Gasteiger partial charge < -0.3 is 4.74 Å². The van der Waals surface area contributed by atoms with Crippen LogP contribution in [-0.4, -0.2) is 13.2 Å². The summed E-state index contributed by atoms with van der Waals surface area (Å²) >= 11 is 0. The summed E-state index contributed by atoms with van der Waals surface area (Å²) in [5, 5.41) is 0. The third-order valence-corrected chi connectivity index (χ3v) is 0.902. The van der Waals surface area contributed by atoms with Crippen LogP contribution < -0.4 is 0 Å². The lowest BCUT2D eigenvalue weighted by molar-refractivity contribution is 0.0886. The lowest BCUT2D eigenvalue weighted by atomic mass is 10.2. The van der Waals surface area contributed by atoms with Crippen molar-refractivity contribution in [2.24, 2.45) is 11.8 Å². The van der Waals surface area contributed by atoms with Gasteiger partial charge in [0.25, 0.3) is 0 Å². The molecule has 0 aliphatic carbocycles. The SMILES string of the molecule is CC(C)COCC(C)C. The molecule has 0 fully saturated rings. The Bertz CT molecular complexity index is 49.6. The average Bonchev–Trinajstić information content (AvgIpc) is 1.63. The maximum absolute atomic E-state index is 5.36. The third kappa shape index (κ3) is 7.96. The van der Waals surface area contributed by atoms with E-state index in [0.29, 0.717) is 11.8 Å². The molecule has 0 amide bonds. The molecule has 0 bridgehead atoms. The topological polar surface area (TPSA) is 9.23 Å². The Balaban J connectivity index is 2.91. The first kappa shape index (κ1) is 8.96. The monoisotopic (exact) mass is 130 g/mol. The fourth-order valence-corrected chi connectivity index (χ4v) is 0.539. The van der Waals surface area contributed by atoms with Crippen LogP contribution in [0.1, 0.15) is 27.7 Å². The highest BCUT2D eigenvalue weighted by Gasteiger charge is 1.95. The summed E-state index contributed by atoms with van der Waals surface area (Å²) in [6.45, 7) is 10.5. The van der Waals surface area contributed by atoms with E-state index in [9.17, 15) is 0 Å². The highest BCUT2D eigenvalue weighted by molar-refractivity contribution is 4.42. The fraction of sp³-hybridized carbons (Fsp3) is 1.00. The molecule has 0 aliphatic rings. The number of ether oxygens (including phenoxy) is 1. The number of hydrogen-bond donors (Lipinski definition) is 0. The second-order valence-corrected chi connectivity index (χ2v) is 3.33. The van der Waals surface area contributed by atoms with Gasteiger partial charge in [0.1, 0.15) is 0 Å². The average molecular weight is 130 g/mol. The second kappa shape index (κ2) is 4.80. The van der Waals surface area contributed by atoms with Crippen LogP contribution in [0.2, 0.25) is 0 Å². The van der Waals surface area contributed by atoms with E-state index >= 15 is 0 Å². The number of rotatable bonds is 4. The second-order valence-electron chi connectivity index (χ2n) is 3.33. The van der Waals surface area contributed by atoms with Crippen molar-refractivity contribution in [2.45, 2.75) is 27.7 Å². The molecule has 0 atom stereocenters. The molecule has 9 heavy (non-hydrogen) atoms. The summed E-state index contributed by atoms with van der Waals surface area (Å²) in [6, 6.07) is 0. The van der Waals surface area contributed by atoms with Crippen LogP contribution in [-0.2, 0) is 4.74 Å². The van der Waals surface area contributed by atoms with Crippen molar-refractivity contribution in [3.05, 3.63) is 0 Å². The molecule has 0 radical (unpaired) electrons. The largest absolute Gasteiger partial charge is 0.381 e. The molecule has 56 valence electrons. The van der Waals surface area contributed by atoms with Gasteiger partial charge in [-0.25, -0.2) is 0 Å². The summed E-state index contributed by atoms with van der Waals surface area (Å²) in [5.41, 5.74) is 0. The van der Waals surface area contributed by atoms with Gasteiger partial charge in [0.05, 0.1) is 0 Å². The lowest BCUT2D eigenvalue weighted by Crippen LogP contribution is -2.06. The van der Waals surface area contributed by atoms with Crippen LogP contribution in [0.5, 0.6) is 0 Å². The van der Waals surface area contributed by atoms with Crippen molar-refractivity contribution in [3.63, 3.8) is 0 Å². The van der Waals surface area contributed by atoms with Gasteiger partial charge in [-0.3, -0.25) is 0 Å². The van der Waals surface area contributed by atoms with Crippen molar-refractivity contribution in [1.29, 1.82) is 0 Å². The van der Waals surface area contributed by atoms with Crippen molar-refractivity contribution < 1.29 is 4.74 Å². The van der Waals surface area contributed by atoms with Gasteiger partial charge in [0, 0.05) is 13.2 Å². The minimum absolute atomic E-state index is 0.670. The van der Waals surface area contributed by atoms with Crippen LogP contribution in [0.3, 0.4) is 0 Å². The zero-order chi connectivity index (χ0) is 7.28. The van der Waals surface area contributed by atoms with Crippen LogP contribution in [0.4, 0.5) is 0 Å². The van der Waals surface area contributed by atoms with E-state index in [0.717, 1.165) is 13.2 Å². The summed E-state index contributed by atoms with van der Waals surface area (Å²) in [7, 11) is 0. The van der Waals surface area contributed by atoms with Gasteiger partial charge in [0.2, 0.25) is 0 Å². The van der Waals surface area contributed by atoms with Crippen molar-refractivity contribution in [2.75, 3.05) is 13.2 Å². The summed E-state index contributed by atoms with van der Waals surface area (Å²) < 4.78 is 5.36. The Labute approximate surface area is 58.4 Å². The van der Waals surface area contributed by atoms with Crippen LogP contribution in [0, 0.1) is 11.8 Å². The van der Waals surface area contributed by atoms with Gasteiger partial charge in [-0.1, -0.05) is 27.7 Å². The van der Waals surface area contributed by atoms with E-state index in [1.54, 1.807) is 0 Å². The maximum atomic E-state index is 5.36. The zero-order valence-electron chi connectivity index (χ0n) is 6.98. The van der Waals surface area contributed by atoms with Crippen molar-refractivity contribution >= 4 is 0 Å². The van der Waals surface area contributed by atoms with Crippen LogP contribution in [0.15, 0.2) is 0 Å². The van der Waals surface area contributed by atoms with Gasteiger partial charge in [-0.2, -0.15) is 0 Å². The van der Waals surface area contributed by atoms with Crippen molar-refractivity contribution in [1.82, 2.24) is 0 Å². The molecule has 0 heterocycles. The smallest absolute Gasteiger partial charge is 0.0489 e. The molecule has 0 saturated carbocycles. The first-order chi connectivity index (χ1) is 4.13. The molecular weight excluding hydrogens is 112 g/mol. The van der Waals surface area contributed by atoms with E-state index in [4.69, 9.17) is 4.74 Å². The molecule has 0 N–H and O–H groups in total. The lowest BCUT2D eigenvalue weighted by Gasteiger charge is -2.07. The zero-order valence-corrected chi connectivity index (χ0v) is 6.98. The van der Waals surface area contributed by atoms with Gasteiger partial charge in [-0.05, 0) is 11.8 Å². The summed E-state index contributed by atoms with van der Waals surface area (Å²) in [4.78, 5) is 0. The molecule has 0 rings (SSSR count). The van der Waals surface area contributed by atoms with Crippen molar-refractivity contribution in [3.8, 4) is 0 Å². The van der Waals surface area contributed by atoms with E-state index in [-0.39, 0.29) is 0 Å². The summed E-state index contributed by atoms with van der Waals surface area (Å²) in [5.74, 6) is 1.34. The Morgan fingerprint density at radius 3 is 1.44 bits per heavy atom. The molecule has 0 unspecified atom stereocenters. The first-order valence-corrected chi connectivity index (χ1v) is 3.70. The third-order valence-electron chi connectivity index (χ3n) is 0.902. The Kier molecular flexibility index (Phi) is 4.78.